The summed E-state index contributed by atoms with van der Waals surface area (Å²) in [5.74, 6) is -2.76. The number of aromatic nitrogens is 1. The maximum absolute atomic E-state index is 14.5. The average Bonchev–Trinajstić information content (AvgIpc) is 3.52. The van der Waals surface area contributed by atoms with Gasteiger partial charge in [-0.25, -0.2) is 4.79 Å². The average molecular weight is 839 g/mol. The molecule has 328 valence electrons. The Bertz CT molecular complexity index is 2270. The molecule has 14 heteroatoms. The van der Waals surface area contributed by atoms with Crippen molar-refractivity contribution in [3.63, 3.8) is 0 Å². The smallest absolute Gasteiger partial charge is 0.355 e. The van der Waals surface area contributed by atoms with Gasteiger partial charge in [-0.1, -0.05) is 64.1 Å². The molecule has 0 radical (unpaired) electrons. The number of nitrogens with two attached hydrogens (primary N) is 1. The number of phenols is 1. The molecule has 3 atom stereocenters. The third kappa shape index (κ3) is 9.78. The molecule has 1 fully saturated rings. The van der Waals surface area contributed by atoms with Crippen molar-refractivity contribution >= 4 is 34.6 Å². The summed E-state index contributed by atoms with van der Waals surface area (Å²) in [6, 6.07) is 17.5. The largest absolute Gasteiger partial charge is 0.508 e. The van der Waals surface area contributed by atoms with Crippen LogP contribution in [0.3, 0.4) is 0 Å². The molecule has 2 aliphatic heterocycles. The van der Waals surface area contributed by atoms with E-state index in [4.69, 9.17) is 15.2 Å². The number of likely N-dealkylation sites (N-methyl/N-ethyl adjacent to an activating group) is 1. The van der Waals surface area contributed by atoms with E-state index in [1.54, 1.807) is 19.2 Å². The van der Waals surface area contributed by atoms with Crippen LogP contribution in [0, 0.1) is 11.3 Å². The molecule has 14 nitrogen and oxygen atoms in total. The number of benzene rings is 3. The summed E-state index contributed by atoms with van der Waals surface area (Å²) >= 11 is 0. The van der Waals surface area contributed by atoms with Gasteiger partial charge in [-0.15, -0.1) is 0 Å². The molecule has 3 aromatic carbocycles. The van der Waals surface area contributed by atoms with Gasteiger partial charge in [-0.05, 0) is 84.2 Å². The summed E-state index contributed by atoms with van der Waals surface area (Å²) < 4.78 is 13.7. The van der Waals surface area contributed by atoms with Crippen molar-refractivity contribution in [2.75, 3.05) is 40.5 Å². The first-order chi connectivity index (χ1) is 29.0. The number of aromatic hydroxyl groups is 1. The van der Waals surface area contributed by atoms with Gasteiger partial charge >= 0.3 is 5.97 Å². The number of ether oxygens (including phenoxy) is 2. The Kier molecular flexibility index (Phi) is 13.9. The summed E-state index contributed by atoms with van der Waals surface area (Å²) in [5.41, 5.74) is 13.0. The van der Waals surface area contributed by atoms with E-state index in [2.05, 4.69) is 46.5 Å². The number of aryl methyl sites for hydroxylation is 1. The first kappa shape index (κ1) is 45.3. The molecule has 0 saturated carbocycles. The fourth-order valence-corrected chi connectivity index (χ4v) is 8.87. The number of carbonyl (C=O) groups is 4. The summed E-state index contributed by atoms with van der Waals surface area (Å²) in [6.07, 6.45) is 1.46. The molecule has 3 amide bonds. The minimum absolute atomic E-state index is 0.0123. The van der Waals surface area contributed by atoms with Crippen LogP contribution in [0.25, 0.3) is 33.3 Å². The zero-order valence-corrected chi connectivity index (χ0v) is 36.5. The predicted molar refractivity (Wildman–Crippen MR) is 234 cm³/mol. The van der Waals surface area contributed by atoms with Crippen LogP contribution < -0.4 is 16.5 Å². The molecule has 1 aromatic heterocycles. The molecule has 0 spiro atoms. The SMILES string of the molecule is CCn1c(-c2ccccc2CCOC)c2c3cc(ccc31)-c1cc(O)cc(c1)C[C@H](NC(=O)[C@H](C(C)C)N(C)C(=O)CCN)C(=O)N1CCC[C@@](O)(N1)C(=O)OCC(C)(C)C2. The minimum atomic E-state index is -2.23. The number of hydrogen-bond donors (Lipinski definition) is 5. The highest BCUT2D eigenvalue weighted by atomic mass is 16.6. The number of aliphatic hydroxyl groups is 1. The Labute approximate surface area is 358 Å². The van der Waals surface area contributed by atoms with E-state index in [-0.39, 0.29) is 63.0 Å². The maximum atomic E-state index is 14.5. The lowest BCUT2D eigenvalue weighted by Gasteiger charge is -2.40. The number of fused-ring (bicyclic) bond motifs is 6. The highest BCUT2D eigenvalue weighted by Gasteiger charge is 2.45. The molecule has 6 N–H and O–H groups in total. The van der Waals surface area contributed by atoms with E-state index in [0.717, 1.165) is 43.9 Å². The number of nitrogens with one attached hydrogen (secondary N) is 2. The van der Waals surface area contributed by atoms with Crippen molar-refractivity contribution in [2.45, 2.75) is 97.5 Å². The van der Waals surface area contributed by atoms with Crippen molar-refractivity contribution in [1.29, 1.82) is 0 Å². The van der Waals surface area contributed by atoms with Gasteiger partial charge in [0.05, 0.1) is 18.9 Å². The number of hydrogen-bond acceptors (Lipinski definition) is 10. The summed E-state index contributed by atoms with van der Waals surface area (Å²) in [4.78, 5) is 56.9. The van der Waals surface area contributed by atoms with E-state index in [0.29, 0.717) is 37.1 Å². The van der Waals surface area contributed by atoms with Gasteiger partial charge in [0.2, 0.25) is 17.5 Å². The van der Waals surface area contributed by atoms with Gasteiger partial charge in [-0.2, -0.15) is 5.43 Å². The molecule has 2 aliphatic rings. The first-order valence-corrected chi connectivity index (χ1v) is 21.3. The number of phenolic OH excluding ortho intramolecular Hbond substituents is 1. The summed E-state index contributed by atoms with van der Waals surface area (Å²) in [7, 11) is 3.23. The van der Waals surface area contributed by atoms with Gasteiger partial charge < -0.3 is 40.2 Å². The number of hydrazine groups is 1. The first-order valence-electron chi connectivity index (χ1n) is 21.3. The van der Waals surface area contributed by atoms with Crippen LogP contribution in [-0.2, 0) is 54.5 Å². The molecular formula is C47H62N6O8. The minimum Gasteiger partial charge on any atom is -0.508 e. The van der Waals surface area contributed by atoms with Crippen LogP contribution in [0.4, 0.5) is 0 Å². The van der Waals surface area contributed by atoms with Crippen molar-refractivity contribution in [3.8, 4) is 28.1 Å². The molecular weight excluding hydrogens is 777 g/mol. The zero-order valence-electron chi connectivity index (χ0n) is 36.5. The van der Waals surface area contributed by atoms with Gasteiger partial charge in [0, 0.05) is 74.9 Å². The Balaban J connectivity index is 1.52. The molecule has 0 aliphatic carbocycles. The molecule has 3 heterocycles. The second-order valence-corrected chi connectivity index (χ2v) is 17.6. The molecule has 1 saturated heterocycles. The van der Waals surface area contributed by atoms with Crippen molar-refractivity contribution in [3.05, 3.63) is 77.4 Å². The predicted octanol–water partition coefficient (Wildman–Crippen LogP) is 4.69. The highest BCUT2D eigenvalue weighted by molar-refractivity contribution is 5.96. The van der Waals surface area contributed by atoms with Crippen LogP contribution >= 0.6 is 0 Å². The zero-order chi connectivity index (χ0) is 44.2. The van der Waals surface area contributed by atoms with Gasteiger partial charge in [-0.3, -0.25) is 19.4 Å². The molecule has 6 bridgehead atoms. The Morgan fingerprint density at radius 3 is 2.56 bits per heavy atom. The monoisotopic (exact) mass is 838 g/mol. The third-order valence-electron chi connectivity index (χ3n) is 11.9. The number of amides is 3. The number of nitrogens with zero attached hydrogens (tertiary/aromatic N) is 3. The molecule has 6 rings (SSSR count). The van der Waals surface area contributed by atoms with Gasteiger partial charge in [0.1, 0.15) is 17.8 Å². The van der Waals surface area contributed by atoms with E-state index in [9.17, 15) is 29.4 Å². The Morgan fingerprint density at radius 2 is 1.85 bits per heavy atom. The Morgan fingerprint density at radius 1 is 1.10 bits per heavy atom. The summed E-state index contributed by atoms with van der Waals surface area (Å²) in [6.45, 7) is 11.2. The second-order valence-electron chi connectivity index (χ2n) is 17.6. The molecule has 61 heavy (non-hydrogen) atoms. The van der Waals surface area contributed by atoms with Crippen LogP contribution in [0.1, 0.15) is 70.6 Å². The van der Waals surface area contributed by atoms with Crippen molar-refractivity contribution < 1.29 is 38.9 Å². The number of rotatable bonds is 11. The second kappa shape index (κ2) is 18.8. The van der Waals surface area contributed by atoms with Crippen LogP contribution in [-0.4, -0.2) is 107 Å². The molecule has 4 aromatic rings. The fourth-order valence-electron chi connectivity index (χ4n) is 8.87. The highest BCUT2D eigenvalue weighted by Crippen LogP contribution is 2.41. The lowest BCUT2D eigenvalue weighted by molar-refractivity contribution is -0.189. The van der Waals surface area contributed by atoms with Crippen molar-refractivity contribution in [1.82, 2.24) is 25.2 Å². The van der Waals surface area contributed by atoms with Crippen LogP contribution in [0.2, 0.25) is 0 Å². The number of methoxy groups -OCH3 is 1. The van der Waals surface area contributed by atoms with Crippen LogP contribution in [0.15, 0.2) is 60.7 Å². The van der Waals surface area contributed by atoms with E-state index >= 15 is 0 Å². The summed E-state index contributed by atoms with van der Waals surface area (Å²) in [5, 5.41) is 28.1. The molecule has 0 unspecified atom stereocenters. The number of esters is 1. The van der Waals surface area contributed by atoms with Gasteiger partial charge in [0.25, 0.3) is 5.91 Å². The number of carbonyl (C=O) groups excluding carboxylic acids is 4. The third-order valence-corrected chi connectivity index (χ3v) is 11.9. The topological polar surface area (TPSA) is 189 Å². The normalized spacial score (nSPS) is 20.0. The van der Waals surface area contributed by atoms with E-state index < -0.39 is 41.0 Å². The van der Waals surface area contributed by atoms with Crippen molar-refractivity contribution in [2.24, 2.45) is 17.1 Å². The standard InChI is InChI=1S/C47H62N6O8/c1-8-52-39-15-14-32-26-36(39)37(42(52)35-13-10-9-12-31(35)17-21-60-7)27-46(4,5)28-61-45(58)47(59)18-11-20-53(50-47)44(57)38(24-30-22-33(32)25-34(54)23-30)49-43(56)41(29(2)3)51(6)40(55)16-19-48/h9-10,12-15,22-23,25-26,29,38,41,50,54,59H,8,11,16-21,24,27-28,48H2,1-7H3,(H,49,56)/t38-,41-,47-/m0/s1. The fraction of sp³-hybridized carbons (Fsp3) is 0.489. The Hall–Kier alpha value is -5.28. The quantitative estimate of drug-likeness (QED) is 0.133. The van der Waals surface area contributed by atoms with E-state index in [1.807, 2.05) is 52.0 Å². The van der Waals surface area contributed by atoms with Crippen LogP contribution in [0.5, 0.6) is 5.75 Å². The lowest BCUT2D eigenvalue weighted by Crippen LogP contribution is -2.67. The lowest BCUT2D eigenvalue weighted by atomic mass is 9.83. The van der Waals surface area contributed by atoms with Gasteiger partial charge in [0.15, 0.2) is 0 Å². The number of cyclic esters (lactones) is 1. The maximum Gasteiger partial charge on any atom is 0.355 e. The van der Waals surface area contributed by atoms with E-state index in [1.165, 1.54) is 11.9 Å².